The topological polar surface area (TPSA) is 52.6 Å². The third kappa shape index (κ3) is 1.57. The van der Waals surface area contributed by atoms with Crippen molar-refractivity contribution in [1.29, 1.82) is 0 Å². The molecule has 4 unspecified atom stereocenters. The maximum atomic E-state index is 12.0. The highest BCUT2D eigenvalue weighted by Crippen LogP contribution is 2.61. The molecule has 4 heteroatoms. The van der Waals surface area contributed by atoms with Crippen LogP contribution in [0.15, 0.2) is 0 Å². The molecule has 4 nitrogen and oxygen atoms in total. The van der Waals surface area contributed by atoms with Crippen molar-refractivity contribution in [3.63, 3.8) is 0 Å². The van der Waals surface area contributed by atoms with Gasteiger partial charge in [0, 0.05) is 11.3 Å². The standard InChI is InChI=1S/C14H20O4/c1-13(2,3)12(16)18-10-8-4-5-14(6-8)7-9(15)17-11(10)14/h8,10-11H,4-7H2,1-3H3. The van der Waals surface area contributed by atoms with Crippen LogP contribution in [0.2, 0.25) is 0 Å². The molecule has 2 saturated carbocycles. The molecule has 18 heavy (non-hydrogen) atoms. The van der Waals surface area contributed by atoms with Gasteiger partial charge >= 0.3 is 11.9 Å². The minimum atomic E-state index is -0.502. The van der Waals surface area contributed by atoms with Gasteiger partial charge < -0.3 is 9.47 Å². The lowest BCUT2D eigenvalue weighted by Crippen LogP contribution is -2.42. The van der Waals surface area contributed by atoms with E-state index in [-0.39, 0.29) is 29.6 Å². The van der Waals surface area contributed by atoms with Gasteiger partial charge in [0.15, 0.2) is 0 Å². The summed E-state index contributed by atoms with van der Waals surface area (Å²) in [5.74, 6) is 0.0599. The van der Waals surface area contributed by atoms with Gasteiger partial charge in [-0.2, -0.15) is 0 Å². The highest BCUT2D eigenvalue weighted by atomic mass is 16.6. The summed E-state index contributed by atoms with van der Waals surface area (Å²) < 4.78 is 11.1. The number of esters is 2. The van der Waals surface area contributed by atoms with Gasteiger partial charge in [0.1, 0.15) is 12.2 Å². The predicted molar refractivity (Wildman–Crippen MR) is 63.6 cm³/mol. The van der Waals surface area contributed by atoms with Gasteiger partial charge in [0.25, 0.3) is 0 Å². The largest absolute Gasteiger partial charge is 0.458 e. The maximum absolute atomic E-state index is 12.0. The van der Waals surface area contributed by atoms with E-state index in [1.165, 1.54) is 0 Å². The molecule has 2 aliphatic carbocycles. The number of hydrogen-bond acceptors (Lipinski definition) is 4. The number of hydrogen-bond donors (Lipinski definition) is 0. The molecule has 0 amide bonds. The van der Waals surface area contributed by atoms with E-state index in [4.69, 9.17) is 9.47 Å². The summed E-state index contributed by atoms with van der Waals surface area (Å²) in [4.78, 5) is 23.5. The predicted octanol–water partition coefficient (Wildman–Crippen LogP) is 2.06. The Kier molecular flexibility index (Phi) is 2.32. The molecule has 4 atom stereocenters. The first-order valence-electron chi connectivity index (χ1n) is 6.72. The van der Waals surface area contributed by atoms with E-state index in [9.17, 15) is 9.59 Å². The zero-order valence-corrected chi connectivity index (χ0v) is 11.2. The van der Waals surface area contributed by atoms with Crippen LogP contribution in [0.4, 0.5) is 0 Å². The van der Waals surface area contributed by atoms with E-state index in [2.05, 4.69) is 0 Å². The first-order chi connectivity index (χ1) is 8.32. The third-order valence-electron chi connectivity index (χ3n) is 4.66. The molecule has 100 valence electrons. The number of rotatable bonds is 1. The fourth-order valence-electron chi connectivity index (χ4n) is 3.72. The molecule has 0 aromatic heterocycles. The number of ether oxygens (including phenoxy) is 2. The van der Waals surface area contributed by atoms with Crippen molar-refractivity contribution in [3.8, 4) is 0 Å². The van der Waals surface area contributed by atoms with Gasteiger partial charge in [-0.05, 0) is 40.0 Å². The summed E-state index contributed by atoms with van der Waals surface area (Å²) in [5.41, 5.74) is -0.526. The molecule has 3 fully saturated rings. The maximum Gasteiger partial charge on any atom is 0.311 e. The van der Waals surface area contributed by atoms with E-state index < -0.39 is 5.41 Å². The SMILES string of the molecule is CC(C)(C)C(=O)OC1C2CCC3(CC(=O)OC13)C2. The Hall–Kier alpha value is -1.06. The Balaban J connectivity index is 1.79. The number of carbonyl (C=O) groups is 2. The Morgan fingerprint density at radius 1 is 1.44 bits per heavy atom. The first kappa shape index (κ1) is 12.0. The lowest BCUT2D eigenvalue weighted by atomic mass is 9.80. The van der Waals surface area contributed by atoms with Gasteiger partial charge in [-0.1, -0.05) is 0 Å². The van der Waals surface area contributed by atoms with Crippen LogP contribution in [0.3, 0.4) is 0 Å². The van der Waals surface area contributed by atoms with Crippen LogP contribution >= 0.6 is 0 Å². The zero-order valence-electron chi connectivity index (χ0n) is 11.2. The fourth-order valence-corrected chi connectivity index (χ4v) is 3.72. The molecule has 1 heterocycles. The van der Waals surface area contributed by atoms with Crippen LogP contribution in [0.1, 0.15) is 46.5 Å². The van der Waals surface area contributed by atoms with E-state index >= 15 is 0 Å². The molecule has 0 N–H and O–H groups in total. The van der Waals surface area contributed by atoms with Crippen molar-refractivity contribution >= 4 is 11.9 Å². The second-order valence-electron chi connectivity index (χ2n) is 7.07. The van der Waals surface area contributed by atoms with Crippen LogP contribution in [-0.2, 0) is 19.1 Å². The Labute approximate surface area is 107 Å². The number of fused-ring (bicyclic) bond motifs is 1. The van der Waals surface area contributed by atoms with Crippen molar-refractivity contribution < 1.29 is 19.1 Å². The highest BCUT2D eigenvalue weighted by molar-refractivity contribution is 5.76. The van der Waals surface area contributed by atoms with Crippen molar-refractivity contribution in [2.45, 2.75) is 58.7 Å². The van der Waals surface area contributed by atoms with Crippen LogP contribution in [0, 0.1) is 16.7 Å². The summed E-state index contributed by atoms with van der Waals surface area (Å²) in [6.07, 6.45) is 3.18. The lowest BCUT2D eigenvalue weighted by Gasteiger charge is -2.32. The minimum Gasteiger partial charge on any atom is -0.458 e. The zero-order chi connectivity index (χ0) is 13.1. The van der Waals surface area contributed by atoms with Gasteiger partial charge in [-0.3, -0.25) is 9.59 Å². The second-order valence-corrected chi connectivity index (χ2v) is 7.07. The average Bonchev–Trinajstić information content (AvgIpc) is 2.85. The number of carbonyl (C=O) groups excluding carboxylic acids is 2. The molecular formula is C14H20O4. The molecule has 0 aromatic carbocycles. The summed E-state index contributed by atoms with van der Waals surface area (Å²) in [6.45, 7) is 5.54. The summed E-state index contributed by atoms with van der Waals surface area (Å²) in [5, 5.41) is 0. The molecule has 0 radical (unpaired) electrons. The fraction of sp³-hybridized carbons (Fsp3) is 0.857. The van der Waals surface area contributed by atoms with E-state index in [1.54, 1.807) is 0 Å². The van der Waals surface area contributed by atoms with Crippen LogP contribution < -0.4 is 0 Å². The third-order valence-corrected chi connectivity index (χ3v) is 4.66. The molecule has 1 saturated heterocycles. The summed E-state index contributed by atoms with van der Waals surface area (Å²) in [7, 11) is 0. The molecule has 1 aliphatic heterocycles. The van der Waals surface area contributed by atoms with E-state index in [1.807, 2.05) is 20.8 Å². The van der Waals surface area contributed by atoms with E-state index in [0.717, 1.165) is 19.3 Å². The Bertz CT molecular complexity index is 409. The normalized spacial score (nSPS) is 41.7. The van der Waals surface area contributed by atoms with Crippen molar-refractivity contribution in [2.75, 3.05) is 0 Å². The van der Waals surface area contributed by atoms with Gasteiger partial charge in [0.2, 0.25) is 0 Å². The van der Waals surface area contributed by atoms with Crippen molar-refractivity contribution in [2.24, 2.45) is 16.7 Å². The molecule has 3 aliphatic rings. The van der Waals surface area contributed by atoms with Gasteiger partial charge in [0.05, 0.1) is 11.8 Å². The van der Waals surface area contributed by atoms with Crippen LogP contribution in [0.25, 0.3) is 0 Å². The molecule has 3 rings (SSSR count). The quantitative estimate of drug-likeness (QED) is 0.670. The Morgan fingerprint density at radius 2 is 2.17 bits per heavy atom. The molecule has 1 spiro atoms. The Morgan fingerprint density at radius 3 is 2.83 bits per heavy atom. The monoisotopic (exact) mass is 252 g/mol. The molecule has 0 aromatic rings. The van der Waals surface area contributed by atoms with Gasteiger partial charge in [-0.25, -0.2) is 0 Å². The summed E-state index contributed by atoms with van der Waals surface area (Å²) >= 11 is 0. The molecular weight excluding hydrogens is 232 g/mol. The second kappa shape index (κ2) is 3.49. The first-order valence-corrected chi connectivity index (χ1v) is 6.72. The molecule has 2 bridgehead atoms. The summed E-state index contributed by atoms with van der Waals surface area (Å²) in [6, 6.07) is 0. The highest BCUT2D eigenvalue weighted by Gasteiger charge is 2.65. The van der Waals surface area contributed by atoms with Crippen molar-refractivity contribution in [3.05, 3.63) is 0 Å². The smallest absolute Gasteiger partial charge is 0.311 e. The minimum absolute atomic E-state index is 0.0232. The van der Waals surface area contributed by atoms with Gasteiger partial charge in [-0.15, -0.1) is 0 Å². The lowest BCUT2D eigenvalue weighted by molar-refractivity contribution is -0.173. The van der Waals surface area contributed by atoms with Crippen molar-refractivity contribution in [1.82, 2.24) is 0 Å². The van der Waals surface area contributed by atoms with Crippen LogP contribution in [-0.4, -0.2) is 24.1 Å². The van der Waals surface area contributed by atoms with Crippen LogP contribution in [0.5, 0.6) is 0 Å². The average molecular weight is 252 g/mol. The van der Waals surface area contributed by atoms with E-state index in [0.29, 0.717) is 12.3 Å².